The van der Waals surface area contributed by atoms with Crippen molar-refractivity contribution in [1.29, 1.82) is 0 Å². The third-order valence-electron chi connectivity index (χ3n) is 6.53. The summed E-state index contributed by atoms with van der Waals surface area (Å²) in [6, 6.07) is 20.4. The van der Waals surface area contributed by atoms with Crippen molar-refractivity contribution >= 4 is 27.7 Å². The van der Waals surface area contributed by atoms with Crippen LogP contribution in [0.3, 0.4) is 0 Å². The molecule has 0 saturated carbocycles. The van der Waals surface area contributed by atoms with Gasteiger partial charge in [0, 0.05) is 23.5 Å². The van der Waals surface area contributed by atoms with Gasteiger partial charge in [0.1, 0.15) is 17.5 Å². The molecule has 3 rings (SSSR count). The normalized spacial score (nSPS) is 12.4. The number of nitrogens with one attached hydrogen (secondary N) is 1. The average Bonchev–Trinajstić information content (AvgIpc) is 2.92. The fourth-order valence-corrected chi connectivity index (χ4v) is 4.41. The standard InChI is InChI=1S/C31H37BrN2O4/c1-6-23(4)33-31(36)28(18-24-11-8-7-9-12-24)34(19-25-13-10-14-26(17-25)37-5)29(35)20-38-27-15-21(2)30(32)22(3)16-27/h7-17,23,28H,6,18-20H2,1-5H3,(H,33,36)/t23-,28-/m0/s1. The molecule has 0 heterocycles. The van der Waals surface area contributed by atoms with Crippen molar-refractivity contribution in [3.8, 4) is 11.5 Å². The average molecular weight is 582 g/mol. The zero-order valence-electron chi connectivity index (χ0n) is 22.8. The molecular weight excluding hydrogens is 544 g/mol. The molecule has 3 aromatic carbocycles. The fraction of sp³-hybridized carbons (Fsp3) is 0.355. The zero-order chi connectivity index (χ0) is 27.7. The van der Waals surface area contributed by atoms with Gasteiger partial charge in [-0.05, 0) is 73.7 Å². The van der Waals surface area contributed by atoms with Gasteiger partial charge in [-0.15, -0.1) is 0 Å². The van der Waals surface area contributed by atoms with Crippen molar-refractivity contribution in [3.05, 3.63) is 93.5 Å². The van der Waals surface area contributed by atoms with Crippen LogP contribution in [0.2, 0.25) is 0 Å². The van der Waals surface area contributed by atoms with Gasteiger partial charge in [-0.1, -0.05) is 65.3 Å². The number of hydrogen-bond donors (Lipinski definition) is 1. The SMILES string of the molecule is CC[C@H](C)NC(=O)[C@H](Cc1ccccc1)N(Cc1cccc(OC)c1)C(=O)COc1cc(C)c(Br)c(C)c1. The summed E-state index contributed by atoms with van der Waals surface area (Å²) in [7, 11) is 1.61. The molecule has 0 aliphatic carbocycles. The van der Waals surface area contributed by atoms with E-state index in [0.717, 1.165) is 33.1 Å². The summed E-state index contributed by atoms with van der Waals surface area (Å²) in [6.07, 6.45) is 1.17. The maximum atomic E-state index is 13.8. The Morgan fingerprint density at radius 1 is 0.947 bits per heavy atom. The molecule has 0 bridgehead atoms. The molecule has 0 saturated heterocycles. The summed E-state index contributed by atoms with van der Waals surface area (Å²) in [5.41, 5.74) is 3.88. The van der Waals surface area contributed by atoms with Crippen molar-refractivity contribution in [2.24, 2.45) is 0 Å². The van der Waals surface area contributed by atoms with Gasteiger partial charge in [0.2, 0.25) is 5.91 Å². The third kappa shape index (κ3) is 8.09. The number of nitrogens with zero attached hydrogens (tertiary/aromatic N) is 1. The maximum Gasteiger partial charge on any atom is 0.261 e. The lowest BCUT2D eigenvalue weighted by molar-refractivity contribution is -0.143. The molecule has 202 valence electrons. The van der Waals surface area contributed by atoms with Gasteiger partial charge in [-0.25, -0.2) is 0 Å². The van der Waals surface area contributed by atoms with E-state index in [-0.39, 0.29) is 31.0 Å². The quantitative estimate of drug-likeness (QED) is 0.285. The van der Waals surface area contributed by atoms with Crippen molar-refractivity contribution < 1.29 is 19.1 Å². The Morgan fingerprint density at radius 2 is 1.61 bits per heavy atom. The first-order valence-corrected chi connectivity index (χ1v) is 13.7. The number of benzene rings is 3. The van der Waals surface area contributed by atoms with Gasteiger partial charge >= 0.3 is 0 Å². The van der Waals surface area contributed by atoms with Crippen molar-refractivity contribution in [1.82, 2.24) is 10.2 Å². The van der Waals surface area contributed by atoms with Crippen LogP contribution in [0.5, 0.6) is 11.5 Å². The van der Waals surface area contributed by atoms with E-state index in [1.165, 1.54) is 0 Å². The molecule has 2 atom stereocenters. The van der Waals surface area contributed by atoms with Crippen LogP contribution < -0.4 is 14.8 Å². The zero-order valence-corrected chi connectivity index (χ0v) is 24.4. The highest BCUT2D eigenvalue weighted by Crippen LogP contribution is 2.26. The van der Waals surface area contributed by atoms with E-state index in [9.17, 15) is 9.59 Å². The molecule has 6 nitrogen and oxygen atoms in total. The van der Waals surface area contributed by atoms with Gasteiger partial charge < -0.3 is 19.7 Å². The summed E-state index contributed by atoms with van der Waals surface area (Å²) in [6.45, 7) is 8.00. The molecule has 0 aliphatic rings. The first-order chi connectivity index (χ1) is 18.2. The van der Waals surface area contributed by atoms with E-state index in [1.807, 2.05) is 94.4 Å². The Bertz CT molecular complexity index is 1210. The predicted octanol–water partition coefficient (Wildman–Crippen LogP) is 6.01. The van der Waals surface area contributed by atoms with E-state index in [1.54, 1.807) is 12.0 Å². The smallest absolute Gasteiger partial charge is 0.261 e. The number of carbonyl (C=O) groups is 2. The maximum absolute atomic E-state index is 13.8. The molecule has 0 aliphatic heterocycles. The summed E-state index contributed by atoms with van der Waals surface area (Å²) >= 11 is 3.57. The Morgan fingerprint density at radius 3 is 2.24 bits per heavy atom. The van der Waals surface area contributed by atoms with E-state index >= 15 is 0 Å². The lowest BCUT2D eigenvalue weighted by atomic mass is 10.0. The molecule has 2 amide bonds. The number of halogens is 1. The van der Waals surface area contributed by atoms with Gasteiger partial charge in [0.05, 0.1) is 7.11 Å². The first kappa shape index (κ1) is 29.2. The third-order valence-corrected chi connectivity index (χ3v) is 7.78. The molecule has 0 radical (unpaired) electrons. The molecule has 38 heavy (non-hydrogen) atoms. The van der Waals surface area contributed by atoms with E-state index in [2.05, 4.69) is 21.2 Å². The topological polar surface area (TPSA) is 67.9 Å². The summed E-state index contributed by atoms with van der Waals surface area (Å²) < 4.78 is 12.4. The van der Waals surface area contributed by atoms with Crippen LogP contribution in [-0.4, -0.2) is 42.5 Å². The number of aryl methyl sites for hydroxylation is 2. The molecule has 0 unspecified atom stereocenters. The molecule has 0 spiro atoms. The largest absolute Gasteiger partial charge is 0.497 e. The van der Waals surface area contributed by atoms with Gasteiger partial charge in [-0.2, -0.15) is 0 Å². The highest BCUT2D eigenvalue weighted by atomic mass is 79.9. The second-order valence-corrected chi connectivity index (χ2v) is 10.3. The Hall–Kier alpha value is -3.32. The van der Waals surface area contributed by atoms with Gasteiger partial charge in [0.25, 0.3) is 5.91 Å². The molecule has 3 aromatic rings. The van der Waals surface area contributed by atoms with E-state index in [0.29, 0.717) is 17.9 Å². The minimum atomic E-state index is -0.720. The number of amides is 2. The van der Waals surface area contributed by atoms with Gasteiger partial charge in [-0.3, -0.25) is 9.59 Å². The first-order valence-electron chi connectivity index (χ1n) is 12.9. The van der Waals surface area contributed by atoms with E-state index < -0.39 is 6.04 Å². The van der Waals surface area contributed by atoms with Crippen LogP contribution in [0.25, 0.3) is 0 Å². The molecule has 7 heteroatoms. The number of hydrogen-bond acceptors (Lipinski definition) is 4. The van der Waals surface area contributed by atoms with Crippen LogP contribution in [0.1, 0.15) is 42.5 Å². The number of methoxy groups -OCH3 is 1. The van der Waals surface area contributed by atoms with Crippen molar-refractivity contribution in [2.75, 3.05) is 13.7 Å². The Kier molecular flexibility index (Phi) is 10.8. The van der Waals surface area contributed by atoms with E-state index in [4.69, 9.17) is 9.47 Å². The molecule has 1 N–H and O–H groups in total. The van der Waals surface area contributed by atoms with Gasteiger partial charge in [0.15, 0.2) is 6.61 Å². The second-order valence-electron chi connectivity index (χ2n) is 9.56. The van der Waals surface area contributed by atoms with Crippen LogP contribution in [0.4, 0.5) is 0 Å². The summed E-state index contributed by atoms with van der Waals surface area (Å²) in [5, 5.41) is 3.08. The molecule has 0 aromatic heterocycles. The van der Waals surface area contributed by atoms with Crippen LogP contribution in [0, 0.1) is 13.8 Å². The number of carbonyl (C=O) groups excluding carboxylic acids is 2. The highest BCUT2D eigenvalue weighted by molar-refractivity contribution is 9.10. The molecule has 0 fully saturated rings. The monoisotopic (exact) mass is 580 g/mol. The minimum Gasteiger partial charge on any atom is -0.497 e. The minimum absolute atomic E-state index is 0.0143. The summed E-state index contributed by atoms with van der Waals surface area (Å²) in [4.78, 5) is 29.0. The lowest BCUT2D eigenvalue weighted by Crippen LogP contribution is -2.53. The fourth-order valence-electron chi connectivity index (χ4n) is 4.18. The molecular formula is C31H37BrN2O4. The Labute approximate surface area is 234 Å². The summed E-state index contributed by atoms with van der Waals surface area (Å²) in [5.74, 6) is 0.846. The number of ether oxygens (including phenoxy) is 2. The van der Waals surface area contributed by atoms with Crippen LogP contribution in [0.15, 0.2) is 71.2 Å². The predicted molar refractivity (Wildman–Crippen MR) is 154 cm³/mol. The van der Waals surface area contributed by atoms with Crippen LogP contribution in [-0.2, 0) is 22.6 Å². The van der Waals surface area contributed by atoms with Crippen molar-refractivity contribution in [3.63, 3.8) is 0 Å². The number of rotatable bonds is 12. The van der Waals surface area contributed by atoms with Crippen molar-refractivity contribution in [2.45, 2.75) is 59.2 Å². The second kappa shape index (κ2) is 14.0. The highest BCUT2D eigenvalue weighted by Gasteiger charge is 2.31. The van der Waals surface area contributed by atoms with Crippen LogP contribution >= 0.6 is 15.9 Å². The Balaban J connectivity index is 1.94. The lowest BCUT2D eigenvalue weighted by Gasteiger charge is -2.32.